The second kappa shape index (κ2) is 6.37. The average Bonchev–Trinajstić information content (AvgIpc) is 2.39. The van der Waals surface area contributed by atoms with Crippen LogP contribution in [0.15, 0.2) is 46.9 Å². The van der Waals surface area contributed by atoms with Gasteiger partial charge in [0, 0.05) is 20.6 Å². The first-order valence-electron chi connectivity index (χ1n) is 5.53. The minimum atomic E-state index is 0.335. The molecular weight excluding hydrogens is 346 g/mol. The third-order valence-corrected chi connectivity index (χ3v) is 3.66. The predicted molar refractivity (Wildman–Crippen MR) is 85.8 cm³/mol. The van der Waals surface area contributed by atoms with Gasteiger partial charge in [-0.05, 0) is 30.3 Å². The molecule has 0 saturated heterocycles. The molecule has 2 rings (SSSR count). The second-order valence-corrected chi connectivity index (χ2v) is 5.68. The molecule has 98 valence electrons. The smallest absolute Gasteiger partial charge is 0.119 e. The Hall–Kier alpha value is -1.10. The quantitative estimate of drug-likeness (QED) is 0.829. The number of ether oxygens (including phenoxy) is 1. The average molecular weight is 357 g/mol. The highest BCUT2D eigenvalue weighted by atomic mass is 79.9. The first kappa shape index (κ1) is 14.3. The van der Waals surface area contributed by atoms with Gasteiger partial charge in [0.25, 0.3) is 0 Å². The Morgan fingerprint density at radius 2 is 1.89 bits per heavy atom. The molecule has 0 bridgehead atoms. The molecule has 2 aromatic carbocycles. The molecule has 0 amide bonds. The molecule has 0 atom stereocenters. The number of rotatable bonds is 4. The molecule has 2 nitrogen and oxygen atoms in total. The third-order valence-electron chi connectivity index (χ3n) is 2.55. The lowest BCUT2D eigenvalue weighted by molar-refractivity contribution is 0.306. The highest BCUT2D eigenvalue weighted by molar-refractivity contribution is 9.10. The molecule has 0 aliphatic rings. The SMILES string of the molecule is NC(=S)c1ccc(COc2ccc(Br)cc2)c(Cl)c1. The van der Waals surface area contributed by atoms with Crippen LogP contribution in [0.5, 0.6) is 5.75 Å². The molecule has 0 aromatic heterocycles. The fraction of sp³-hybridized carbons (Fsp3) is 0.0714. The van der Waals surface area contributed by atoms with Crippen LogP contribution in [0.25, 0.3) is 0 Å². The van der Waals surface area contributed by atoms with Gasteiger partial charge in [-0.2, -0.15) is 0 Å². The van der Waals surface area contributed by atoms with Crippen LogP contribution in [0.4, 0.5) is 0 Å². The van der Waals surface area contributed by atoms with Gasteiger partial charge in [0.05, 0.1) is 0 Å². The Balaban J connectivity index is 2.07. The van der Waals surface area contributed by atoms with Crippen LogP contribution in [0.3, 0.4) is 0 Å². The molecule has 0 fully saturated rings. The summed E-state index contributed by atoms with van der Waals surface area (Å²) >= 11 is 14.4. The maximum Gasteiger partial charge on any atom is 0.119 e. The third kappa shape index (κ3) is 3.93. The first-order valence-corrected chi connectivity index (χ1v) is 7.11. The van der Waals surface area contributed by atoms with Crippen LogP contribution in [0.2, 0.25) is 5.02 Å². The molecule has 0 aliphatic heterocycles. The van der Waals surface area contributed by atoms with Crippen molar-refractivity contribution in [2.24, 2.45) is 5.73 Å². The van der Waals surface area contributed by atoms with Gasteiger partial charge >= 0.3 is 0 Å². The van der Waals surface area contributed by atoms with Crippen molar-refractivity contribution in [1.29, 1.82) is 0 Å². The van der Waals surface area contributed by atoms with Crippen LogP contribution in [0, 0.1) is 0 Å². The van der Waals surface area contributed by atoms with Crippen LogP contribution in [-0.4, -0.2) is 4.99 Å². The van der Waals surface area contributed by atoms with Crippen molar-refractivity contribution < 1.29 is 4.74 Å². The van der Waals surface area contributed by atoms with Crippen LogP contribution >= 0.6 is 39.7 Å². The van der Waals surface area contributed by atoms with Crippen molar-refractivity contribution in [2.45, 2.75) is 6.61 Å². The maximum absolute atomic E-state index is 6.16. The lowest BCUT2D eigenvalue weighted by atomic mass is 10.1. The molecule has 0 radical (unpaired) electrons. The van der Waals surface area contributed by atoms with Gasteiger partial charge in [0.15, 0.2) is 0 Å². The number of benzene rings is 2. The van der Waals surface area contributed by atoms with Crippen molar-refractivity contribution in [3.63, 3.8) is 0 Å². The summed E-state index contributed by atoms with van der Waals surface area (Å²) in [4.78, 5) is 0.335. The lowest BCUT2D eigenvalue weighted by Crippen LogP contribution is -2.09. The Kier molecular flexibility index (Phi) is 4.80. The summed E-state index contributed by atoms with van der Waals surface area (Å²) in [7, 11) is 0. The molecule has 0 saturated carbocycles. The van der Waals surface area contributed by atoms with E-state index in [2.05, 4.69) is 15.9 Å². The molecule has 19 heavy (non-hydrogen) atoms. The Morgan fingerprint density at radius 1 is 1.21 bits per heavy atom. The minimum absolute atomic E-state index is 0.335. The second-order valence-electron chi connectivity index (χ2n) is 3.91. The lowest BCUT2D eigenvalue weighted by Gasteiger charge is -2.09. The molecule has 0 heterocycles. The van der Waals surface area contributed by atoms with Gasteiger partial charge in [-0.1, -0.05) is 51.9 Å². The zero-order chi connectivity index (χ0) is 13.8. The molecule has 0 spiro atoms. The van der Waals surface area contributed by atoms with E-state index in [1.54, 1.807) is 6.07 Å². The van der Waals surface area contributed by atoms with E-state index < -0.39 is 0 Å². The van der Waals surface area contributed by atoms with Crippen molar-refractivity contribution in [3.05, 3.63) is 63.1 Å². The highest BCUT2D eigenvalue weighted by Crippen LogP contribution is 2.21. The van der Waals surface area contributed by atoms with Crippen molar-refractivity contribution >= 4 is 44.7 Å². The zero-order valence-electron chi connectivity index (χ0n) is 9.90. The van der Waals surface area contributed by atoms with Gasteiger partial charge in [-0.15, -0.1) is 0 Å². The predicted octanol–water partition coefficient (Wildman–Crippen LogP) is 4.32. The molecule has 2 N–H and O–H groups in total. The fourth-order valence-corrected chi connectivity index (χ4v) is 2.14. The summed E-state index contributed by atoms with van der Waals surface area (Å²) in [6.45, 7) is 0.401. The highest BCUT2D eigenvalue weighted by Gasteiger charge is 2.04. The van der Waals surface area contributed by atoms with Crippen LogP contribution in [-0.2, 0) is 6.61 Å². The minimum Gasteiger partial charge on any atom is -0.489 e. The summed E-state index contributed by atoms with van der Waals surface area (Å²) in [5, 5.41) is 0.599. The first-order chi connectivity index (χ1) is 9.06. The van der Waals surface area contributed by atoms with E-state index in [4.69, 9.17) is 34.3 Å². The summed E-state index contributed by atoms with van der Waals surface area (Å²) < 4.78 is 6.67. The number of halogens is 2. The van der Waals surface area contributed by atoms with Crippen molar-refractivity contribution in [2.75, 3.05) is 0 Å². The van der Waals surface area contributed by atoms with Crippen molar-refractivity contribution in [3.8, 4) is 5.75 Å². The zero-order valence-corrected chi connectivity index (χ0v) is 13.1. The van der Waals surface area contributed by atoms with Crippen LogP contribution < -0.4 is 10.5 Å². The Bertz CT molecular complexity index is 601. The van der Waals surface area contributed by atoms with Gasteiger partial charge in [-0.25, -0.2) is 0 Å². The van der Waals surface area contributed by atoms with Gasteiger partial charge < -0.3 is 10.5 Å². The fourth-order valence-electron chi connectivity index (χ4n) is 1.51. The standard InChI is InChI=1S/C14H11BrClNOS/c15-11-3-5-12(6-4-11)18-8-10-2-1-9(14(17)19)7-13(10)16/h1-7H,8H2,(H2,17,19). The van der Waals surface area contributed by atoms with E-state index in [1.165, 1.54) is 0 Å². The number of nitrogens with two attached hydrogens (primary N) is 1. The van der Waals surface area contributed by atoms with E-state index in [1.807, 2.05) is 36.4 Å². The van der Waals surface area contributed by atoms with Crippen LogP contribution in [0.1, 0.15) is 11.1 Å². The molecule has 2 aromatic rings. The van der Waals surface area contributed by atoms with E-state index in [-0.39, 0.29) is 0 Å². The summed E-state index contributed by atoms with van der Waals surface area (Å²) in [6.07, 6.45) is 0. The van der Waals surface area contributed by atoms with E-state index in [0.717, 1.165) is 21.3 Å². The number of thiocarbonyl (C=S) groups is 1. The number of hydrogen-bond donors (Lipinski definition) is 1. The topological polar surface area (TPSA) is 35.2 Å². The Morgan fingerprint density at radius 3 is 2.47 bits per heavy atom. The molecule has 5 heteroatoms. The Labute approximate surface area is 130 Å². The summed E-state index contributed by atoms with van der Waals surface area (Å²) in [5.41, 5.74) is 7.20. The molecule has 0 unspecified atom stereocenters. The van der Waals surface area contributed by atoms with Gasteiger partial charge in [-0.3, -0.25) is 0 Å². The van der Waals surface area contributed by atoms with E-state index in [9.17, 15) is 0 Å². The maximum atomic E-state index is 6.16. The molecule has 0 aliphatic carbocycles. The monoisotopic (exact) mass is 355 g/mol. The summed E-state index contributed by atoms with van der Waals surface area (Å²) in [6, 6.07) is 13.1. The van der Waals surface area contributed by atoms with Gasteiger partial charge in [0.2, 0.25) is 0 Å². The van der Waals surface area contributed by atoms with Gasteiger partial charge in [0.1, 0.15) is 17.3 Å². The molecular formula is C14H11BrClNOS. The van der Waals surface area contributed by atoms with E-state index in [0.29, 0.717) is 16.6 Å². The van der Waals surface area contributed by atoms with E-state index >= 15 is 0 Å². The summed E-state index contributed by atoms with van der Waals surface area (Å²) in [5.74, 6) is 0.790. The normalized spacial score (nSPS) is 10.2. The largest absolute Gasteiger partial charge is 0.489 e. The van der Waals surface area contributed by atoms with Crippen molar-refractivity contribution in [1.82, 2.24) is 0 Å². The number of hydrogen-bond acceptors (Lipinski definition) is 2.